The number of ether oxygens (including phenoxy) is 1. The lowest BCUT2D eigenvalue weighted by molar-refractivity contribution is -0.384. The van der Waals surface area contributed by atoms with E-state index in [1.54, 1.807) is 12.1 Å². The lowest BCUT2D eigenvalue weighted by Gasteiger charge is -2.36. The van der Waals surface area contributed by atoms with Crippen LogP contribution in [0.4, 0.5) is 5.69 Å². The van der Waals surface area contributed by atoms with Crippen LogP contribution in [0.5, 0.6) is 0 Å². The van der Waals surface area contributed by atoms with Crippen molar-refractivity contribution in [3.05, 3.63) is 51.3 Å². The minimum atomic E-state index is -0.474. The van der Waals surface area contributed by atoms with Gasteiger partial charge in [-0.3, -0.25) is 19.7 Å². The molecule has 0 saturated carbocycles. The molecule has 0 radical (unpaired) electrons. The number of hydrogen-bond donors (Lipinski definition) is 0. The van der Waals surface area contributed by atoms with E-state index in [0.29, 0.717) is 24.2 Å². The van der Waals surface area contributed by atoms with Crippen LogP contribution in [0.3, 0.4) is 0 Å². The molecule has 1 aromatic rings. The number of hydrogen-bond acceptors (Lipinski definition) is 5. The SMILES string of the molecule is CC1(C)CC(=O)C2=C(C1)OC(=O)C[C@@H]2c1ccc([N+](=O)[O-])cc1. The van der Waals surface area contributed by atoms with Gasteiger partial charge in [-0.1, -0.05) is 26.0 Å². The summed E-state index contributed by atoms with van der Waals surface area (Å²) in [4.78, 5) is 34.8. The van der Waals surface area contributed by atoms with Crippen LogP contribution >= 0.6 is 0 Å². The molecule has 23 heavy (non-hydrogen) atoms. The van der Waals surface area contributed by atoms with Crippen LogP contribution < -0.4 is 0 Å². The first kappa shape index (κ1) is 15.4. The maximum atomic E-state index is 12.6. The van der Waals surface area contributed by atoms with Gasteiger partial charge in [-0.05, 0) is 11.0 Å². The van der Waals surface area contributed by atoms with Crippen LogP contribution in [-0.4, -0.2) is 16.7 Å². The molecule has 120 valence electrons. The van der Waals surface area contributed by atoms with Gasteiger partial charge < -0.3 is 4.74 Å². The van der Waals surface area contributed by atoms with E-state index >= 15 is 0 Å². The number of nitro benzene ring substituents is 1. The molecule has 2 aliphatic rings. The van der Waals surface area contributed by atoms with E-state index in [4.69, 9.17) is 4.74 Å². The first-order valence-electron chi connectivity index (χ1n) is 7.48. The normalized spacial score (nSPS) is 23.3. The summed E-state index contributed by atoms with van der Waals surface area (Å²) in [5.74, 6) is -0.286. The number of allylic oxidation sites excluding steroid dienone is 2. The quantitative estimate of drug-likeness (QED) is 0.475. The van der Waals surface area contributed by atoms with E-state index in [-0.39, 0.29) is 35.2 Å². The van der Waals surface area contributed by atoms with Gasteiger partial charge >= 0.3 is 5.97 Å². The van der Waals surface area contributed by atoms with Crippen molar-refractivity contribution in [3.8, 4) is 0 Å². The second-order valence-corrected chi connectivity index (χ2v) is 6.86. The molecule has 0 fully saturated rings. The highest BCUT2D eigenvalue weighted by molar-refractivity contribution is 6.00. The Hall–Kier alpha value is -2.50. The predicted molar refractivity (Wildman–Crippen MR) is 81.6 cm³/mol. The fourth-order valence-corrected chi connectivity index (χ4v) is 3.32. The molecule has 1 atom stereocenters. The number of carbonyl (C=O) groups is 2. The summed E-state index contributed by atoms with van der Waals surface area (Å²) in [5.41, 5.74) is 1.04. The molecule has 0 saturated heterocycles. The maximum Gasteiger partial charge on any atom is 0.311 e. The highest BCUT2D eigenvalue weighted by Crippen LogP contribution is 2.45. The molecule has 0 N–H and O–H groups in total. The van der Waals surface area contributed by atoms with E-state index in [0.717, 1.165) is 5.56 Å². The smallest absolute Gasteiger partial charge is 0.311 e. The predicted octanol–water partition coefficient (Wildman–Crippen LogP) is 3.27. The van der Waals surface area contributed by atoms with Crippen LogP contribution in [-0.2, 0) is 14.3 Å². The average molecular weight is 315 g/mol. The van der Waals surface area contributed by atoms with E-state index in [2.05, 4.69) is 0 Å². The van der Waals surface area contributed by atoms with Gasteiger partial charge in [0, 0.05) is 36.5 Å². The molecule has 0 unspecified atom stereocenters. The van der Waals surface area contributed by atoms with Crippen LogP contribution in [0, 0.1) is 15.5 Å². The van der Waals surface area contributed by atoms with E-state index in [1.807, 2.05) is 13.8 Å². The number of carbonyl (C=O) groups excluding carboxylic acids is 2. The van der Waals surface area contributed by atoms with Gasteiger partial charge in [-0.25, -0.2) is 0 Å². The van der Waals surface area contributed by atoms with Gasteiger partial charge in [0.15, 0.2) is 5.78 Å². The Bertz CT molecular complexity index is 730. The van der Waals surface area contributed by atoms with Crippen molar-refractivity contribution in [2.75, 3.05) is 0 Å². The van der Waals surface area contributed by atoms with Gasteiger partial charge in [0.05, 0.1) is 11.3 Å². The fourth-order valence-electron chi connectivity index (χ4n) is 3.32. The van der Waals surface area contributed by atoms with Crippen LogP contribution in [0.2, 0.25) is 0 Å². The third-order valence-electron chi connectivity index (χ3n) is 4.34. The standard InChI is InChI=1S/C17H17NO5/c1-17(2)8-13(19)16-12(7-15(20)23-14(16)9-17)10-3-5-11(6-4-10)18(21)22/h3-6,12H,7-9H2,1-2H3/t12-/m1/s1. The Kier molecular flexibility index (Phi) is 3.55. The Morgan fingerprint density at radius 2 is 1.83 bits per heavy atom. The lowest BCUT2D eigenvalue weighted by atomic mass is 9.71. The number of esters is 1. The Morgan fingerprint density at radius 1 is 1.17 bits per heavy atom. The first-order valence-corrected chi connectivity index (χ1v) is 7.48. The average Bonchev–Trinajstić information content (AvgIpc) is 2.44. The summed E-state index contributed by atoms with van der Waals surface area (Å²) < 4.78 is 5.32. The molecule has 0 aromatic heterocycles. The Balaban J connectivity index is 2.02. The third-order valence-corrected chi connectivity index (χ3v) is 4.34. The van der Waals surface area contributed by atoms with Gasteiger partial charge in [-0.2, -0.15) is 0 Å². The second-order valence-electron chi connectivity index (χ2n) is 6.86. The summed E-state index contributed by atoms with van der Waals surface area (Å²) in [7, 11) is 0. The van der Waals surface area contributed by atoms with E-state index < -0.39 is 4.92 Å². The molecule has 0 spiro atoms. The van der Waals surface area contributed by atoms with Crippen molar-refractivity contribution in [2.24, 2.45) is 5.41 Å². The zero-order valence-electron chi connectivity index (χ0n) is 13.0. The number of rotatable bonds is 2. The van der Waals surface area contributed by atoms with Gasteiger partial charge in [0.1, 0.15) is 5.76 Å². The molecule has 1 heterocycles. The number of Topliss-reactive ketones (excluding diaryl/α,β-unsaturated/α-hetero) is 1. The molecule has 0 bridgehead atoms. The molecule has 3 rings (SSSR count). The van der Waals surface area contributed by atoms with Crippen molar-refractivity contribution in [1.29, 1.82) is 0 Å². The van der Waals surface area contributed by atoms with Gasteiger partial charge in [0.25, 0.3) is 5.69 Å². The summed E-state index contributed by atoms with van der Waals surface area (Å²) in [6, 6.07) is 6.01. The van der Waals surface area contributed by atoms with Crippen molar-refractivity contribution in [1.82, 2.24) is 0 Å². The van der Waals surface area contributed by atoms with Crippen LogP contribution in [0.15, 0.2) is 35.6 Å². The maximum absolute atomic E-state index is 12.6. The molecule has 6 nitrogen and oxygen atoms in total. The molecular weight excluding hydrogens is 298 g/mol. The van der Waals surface area contributed by atoms with E-state index in [9.17, 15) is 19.7 Å². The number of non-ortho nitro benzene ring substituents is 1. The number of nitro groups is 1. The summed E-state index contributed by atoms with van der Waals surface area (Å²) in [6.07, 6.45) is 1.04. The van der Waals surface area contributed by atoms with Crippen molar-refractivity contribution in [2.45, 2.75) is 39.0 Å². The molecule has 6 heteroatoms. The van der Waals surface area contributed by atoms with Crippen molar-refractivity contribution in [3.63, 3.8) is 0 Å². The Labute approximate surface area is 133 Å². The summed E-state index contributed by atoms with van der Waals surface area (Å²) in [5, 5.41) is 10.8. The molecular formula is C17H17NO5. The van der Waals surface area contributed by atoms with E-state index in [1.165, 1.54) is 12.1 Å². The lowest BCUT2D eigenvalue weighted by Crippen LogP contribution is -2.33. The van der Waals surface area contributed by atoms with Crippen LogP contribution in [0.25, 0.3) is 0 Å². The topological polar surface area (TPSA) is 86.5 Å². The number of ketones is 1. The summed E-state index contributed by atoms with van der Waals surface area (Å²) in [6.45, 7) is 3.94. The Morgan fingerprint density at radius 3 is 2.43 bits per heavy atom. The summed E-state index contributed by atoms with van der Waals surface area (Å²) >= 11 is 0. The fraction of sp³-hybridized carbons (Fsp3) is 0.412. The minimum Gasteiger partial charge on any atom is -0.431 e. The van der Waals surface area contributed by atoms with Crippen LogP contribution in [0.1, 0.15) is 44.6 Å². The molecule has 1 aliphatic heterocycles. The second kappa shape index (κ2) is 5.30. The highest BCUT2D eigenvalue weighted by atomic mass is 16.6. The highest BCUT2D eigenvalue weighted by Gasteiger charge is 2.42. The zero-order valence-corrected chi connectivity index (χ0v) is 13.0. The number of nitrogens with zero attached hydrogens (tertiary/aromatic N) is 1. The molecule has 1 aliphatic carbocycles. The minimum absolute atomic E-state index is 0.00731. The molecule has 0 amide bonds. The molecule has 1 aromatic carbocycles. The van der Waals surface area contributed by atoms with Crippen molar-refractivity contribution < 1.29 is 19.2 Å². The number of benzene rings is 1. The largest absolute Gasteiger partial charge is 0.431 e. The first-order chi connectivity index (χ1) is 10.8. The zero-order chi connectivity index (χ0) is 16.8. The van der Waals surface area contributed by atoms with Crippen molar-refractivity contribution >= 4 is 17.4 Å². The third kappa shape index (κ3) is 2.88. The van der Waals surface area contributed by atoms with Gasteiger partial charge in [0.2, 0.25) is 0 Å². The monoisotopic (exact) mass is 315 g/mol. The van der Waals surface area contributed by atoms with Gasteiger partial charge in [-0.15, -0.1) is 0 Å².